The van der Waals surface area contributed by atoms with Crippen LogP contribution < -0.4 is 5.32 Å². The normalized spacial score (nSPS) is 12.1. The topological polar surface area (TPSA) is 85.0 Å². The van der Waals surface area contributed by atoms with Crippen molar-refractivity contribution in [3.8, 4) is 5.69 Å². The molecule has 1 atom stereocenters. The van der Waals surface area contributed by atoms with Crippen LogP contribution in [0.5, 0.6) is 0 Å². The number of aliphatic hydroxyl groups is 1. The number of amides is 1. The molecule has 2 aromatic carbocycles. The number of halogens is 2. The maximum atomic E-state index is 12.9. The molecular weight excluding hydrogens is 464 g/mol. The van der Waals surface area contributed by atoms with Crippen LogP contribution in [-0.2, 0) is 16.9 Å². The first-order valence-corrected chi connectivity index (χ1v) is 11.9. The minimum absolute atomic E-state index is 0.298. The van der Waals surface area contributed by atoms with Gasteiger partial charge in [-0.2, -0.15) is 19.0 Å². The van der Waals surface area contributed by atoms with Crippen LogP contribution in [0, 0.1) is 0 Å². The first-order chi connectivity index (χ1) is 16.9. The SMILES string of the molecule is CC.CC(C)(O)c1ccccc1.CC(Cn1ncc2cc(-n3cccn3)ccc21)NC(=O)C(C)(F)F. The van der Waals surface area contributed by atoms with E-state index in [1.54, 1.807) is 42.5 Å². The van der Waals surface area contributed by atoms with Gasteiger partial charge in [-0.1, -0.05) is 44.2 Å². The molecule has 0 aliphatic heterocycles. The van der Waals surface area contributed by atoms with Crippen molar-refractivity contribution in [1.29, 1.82) is 0 Å². The van der Waals surface area contributed by atoms with E-state index in [1.807, 2.05) is 74.6 Å². The molecule has 0 aliphatic rings. The molecule has 9 heteroatoms. The number of hydrogen-bond donors (Lipinski definition) is 2. The Morgan fingerprint density at radius 2 is 1.72 bits per heavy atom. The van der Waals surface area contributed by atoms with Crippen LogP contribution in [0.2, 0.25) is 0 Å². The summed E-state index contributed by atoms with van der Waals surface area (Å²) in [6.45, 7) is 10.1. The van der Waals surface area contributed by atoms with Gasteiger partial charge in [-0.15, -0.1) is 0 Å². The number of hydrogen-bond acceptors (Lipinski definition) is 4. The van der Waals surface area contributed by atoms with E-state index >= 15 is 0 Å². The number of nitrogens with one attached hydrogen (secondary N) is 1. The van der Waals surface area contributed by atoms with Gasteiger partial charge in [0.05, 0.1) is 29.5 Å². The third-order valence-electron chi connectivity index (χ3n) is 5.10. The van der Waals surface area contributed by atoms with Gasteiger partial charge in [-0.3, -0.25) is 9.48 Å². The first kappa shape index (κ1) is 28.6. The van der Waals surface area contributed by atoms with Gasteiger partial charge in [0.2, 0.25) is 0 Å². The summed E-state index contributed by atoms with van der Waals surface area (Å²) in [6, 6.07) is 16.7. The average molecular weight is 500 g/mol. The van der Waals surface area contributed by atoms with Gasteiger partial charge in [0.25, 0.3) is 5.91 Å². The van der Waals surface area contributed by atoms with E-state index in [2.05, 4.69) is 15.5 Å². The summed E-state index contributed by atoms with van der Waals surface area (Å²) in [6.07, 6.45) is 5.24. The first-order valence-electron chi connectivity index (χ1n) is 11.9. The molecule has 0 saturated carbocycles. The Hall–Kier alpha value is -3.59. The molecule has 7 nitrogen and oxygen atoms in total. The second-order valence-electron chi connectivity index (χ2n) is 8.71. The van der Waals surface area contributed by atoms with E-state index < -0.39 is 23.5 Å². The molecular formula is C27H35F2N5O2. The molecule has 36 heavy (non-hydrogen) atoms. The lowest BCUT2D eigenvalue weighted by Crippen LogP contribution is -2.44. The van der Waals surface area contributed by atoms with Crippen molar-refractivity contribution in [3.63, 3.8) is 0 Å². The Morgan fingerprint density at radius 3 is 2.25 bits per heavy atom. The van der Waals surface area contributed by atoms with E-state index in [0.717, 1.165) is 22.2 Å². The van der Waals surface area contributed by atoms with Crippen molar-refractivity contribution < 1.29 is 18.7 Å². The van der Waals surface area contributed by atoms with E-state index in [1.165, 1.54) is 0 Å². The second-order valence-corrected chi connectivity index (χ2v) is 8.71. The largest absolute Gasteiger partial charge is 0.386 e. The number of alkyl halides is 2. The summed E-state index contributed by atoms with van der Waals surface area (Å²) in [5, 5.41) is 21.1. The third kappa shape index (κ3) is 7.98. The Labute approximate surface area is 210 Å². The van der Waals surface area contributed by atoms with Crippen LogP contribution in [-0.4, -0.2) is 42.5 Å². The van der Waals surface area contributed by atoms with Gasteiger partial charge in [0.15, 0.2) is 0 Å². The fraction of sp³-hybridized carbons (Fsp3) is 0.370. The summed E-state index contributed by atoms with van der Waals surface area (Å²) in [4.78, 5) is 11.3. The van der Waals surface area contributed by atoms with Gasteiger partial charge in [0.1, 0.15) is 0 Å². The van der Waals surface area contributed by atoms with Crippen molar-refractivity contribution in [2.75, 3.05) is 0 Å². The van der Waals surface area contributed by atoms with Crippen molar-refractivity contribution >= 4 is 16.8 Å². The van der Waals surface area contributed by atoms with E-state index in [9.17, 15) is 18.7 Å². The molecule has 0 spiro atoms. The van der Waals surface area contributed by atoms with Crippen molar-refractivity contribution in [1.82, 2.24) is 24.9 Å². The Bertz CT molecular complexity index is 1210. The maximum Gasteiger partial charge on any atom is 0.321 e. The third-order valence-corrected chi connectivity index (χ3v) is 5.10. The summed E-state index contributed by atoms with van der Waals surface area (Å²) < 4.78 is 29.3. The minimum Gasteiger partial charge on any atom is -0.386 e. The van der Waals surface area contributed by atoms with Gasteiger partial charge in [-0.05, 0) is 50.6 Å². The number of fused-ring (bicyclic) bond motifs is 1. The molecule has 2 aromatic heterocycles. The molecule has 0 radical (unpaired) electrons. The second kappa shape index (κ2) is 12.4. The smallest absolute Gasteiger partial charge is 0.321 e. The lowest BCUT2D eigenvalue weighted by atomic mass is 9.99. The highest BCUT2D eigenvalue weighted by atomic mass is 19.3. The number of rotatable bonds is 6. The highest BCUT2D eigenvalue weighted by molar-refractivity contribution is 5.83. The lowest BCUT2D eigenvalue weighted by Gasteiger charge is -2.17. The molecule has 1 unspecified atom stereocenters. The zero-order chi connectivity index (χ0) is 26.9. The van der Waals surface area contributed by atoms with Crippen molar-refractivity contribution in [2.24, 2.45) is 0 Å². The number of nitrogens with zero attached hydrogens (tertiary/aromatic N) is 4. The van der Waals surface area contributed by atoms with E-state index in [0.29, 0.717) is 13.5 Å². The highest BCUT2D eigenvalue weighted by Crippen LogP contribution is 2.19. The van der Waals surface area contributed by atoms with Gasteiger partial charge in [-0.25, -0.2) is 4.68 Å². The number of aromatic nitrogens is 4. The molecule has 194 valence electrons. The lowest BCUT2D eigenvalue weighted by molar-refractivity contribution is -0.143. The van der Waals surface area contributed by atoms with Crippen LogP contribution in [0.3, 0.4) is 0 Å². The van der Waals surface area contributed by atoms with Gasteiger partial charge < -0.3 is 10.4 Å². The van der Waals surface area contributed by atoms with Gasteiger partial charge >= 0.3 is 5.92 Å². The predicted octanol–water partition coefficient (Wildman–Crippen LogP) is 5.32. The van der Waals surface area contributed by atoms with Crippen LogP contribution in [0.25, 0.3) is 16.6 Å². The predicted molar refractivity (Wildman–Crippen MR) is 138 cm³/mol. The quantitative estimate of drug-likeness (QED) is 0.376. The molecule has 0 bridgehead atoms. The van der Waals surface area contributed by atoms with Crippen LogP contribution in [0.1, 0.15) is 47.1 Å². The molecule has 0 aliphatic carbocycles. The number of carbonyl (C=O) groups is 1. The van der Waals surface area contributed by atoms with Crippen molar-refractivity contribution in [2.45, 2.75) is 65.7 Å². The standard InChI is InChI=1S/C16H17F2N5O.C9H12O.C2H6/c1-11(21-15(24)16(2,17)18)10-23-14-5-4-13(8-12(14)9-20-23)22-7-3-6-19-22;1-9(2,10)8-6-4-3-5-7-8;1-2/h3-9,11H,10H2,1-2H3,(H,21,24);3-7,10H,1-2H3;1-2H3. The fourth-order valence-electron chi connectivity index (χ4n) is 3.29. The fourth-order valence-corrected chi connectivity index (χ4v) is 3.29. The summed E-state index contributed by atoms with van der Waals surface area (Å²) >= 11 is 0. The van der Waals surface area contributed by atoms with E-state index in [4.69, 9.17) is 0 Å². The van der Waals surface area contributed by atoms with Crippen LogP contribution >= 0.6 is 0 Å². The summed E-state index contributed by atoms with van der Waals surface area (Å²) in [5.74, 6) is -4.67. The van der Waals surface area contributed by atoms with Crippen LogP contribution in [0.15, 0.2) is 73.2 Å². The molecule has 0 fully saturated rings. The molecule has 1 amide bonds. The molecule has 2 heterocycles. The summed E-state index contributed by atoms with van der Waals surface area (Å²) in [7, 11) is 0. The Morgan fingerprint density at radius 1 is 1.06 bits per heavy atom. The zero-order valence-corrected chi connectivity index (χ0v) is 21.6. The monoisotopic (exact) mass is 499 g/mol. The minimum atomic E-state index is -3.39. The Balaban J connectivity index is 0.000000318. The van der Waals surface area contributed by atoms with Crippen LogP contribution in [0.4, 0.5) is 8.78 Å². The van der Waals surface area contributed by atoms with E-state index in [-0.39, 0.29) is 0 Å². The van der Waals surface area contributed by atoms with Gasteiger partial charge in [0, 0.05) is 30.7 Å². The maximum absolute atomic E-state index is 12.9. The number of benzene rings is 2. The highest BCUT2D eigenvalue weighted by Gasteiger charge is 2.32. The molecule has 0 saturated heterocycles. The molecule has 4 rings (SSSR count). The Kier molecular flexibility index (Phi) is 9.86. The molecule has 4 aromatic rings. The molecule has 2 N–H and O–H groups in total. The van der Waals surface area contributed by atoms with Crippen molar-refractivity contribution in [3.05, 3.63) is 78.8 Å². The zero-order valence-electron chi connectivity index (χ0n) is 21.6. The number of carbonyl (C=O) groups excluding carboxylic acids is 1. The average Bonchev–Trinajstić information content (AvgIpc) is 3.50. The summed E-state index contributed by atoms with van der Waals surface area (Å²) in [5.41, 5.74) is 2.01.